The van der Waals surface area contributed by atoms with E-state index in [1.165, 1.54) is 5.56 Å². The third kappa shape index (κ3) is 5.47. The van der Waals surface area contributed by atoms with Crippen molar-refractivity contribution in [1.82, 2.24) is 0 Å². The molecule has 0 unspecified atom stereocenters. The van der Waals surface area contributed by atoms with E-state index < -0.39 is 24.4 Å². The zero-order chi connectivity index (χ0) is 24.4. The second kappa shape index (κ2) is 10.6. The monoisotopic (exact) mass is 496 g/mol. The van der Waals surface area contributed by atoms with Crippen molar-refractivity contribution in [2.24, 2.45) is 0 Å². The first-order chi connectivity index (χ1) is 17.0. The molecule has 0 aromatic heterocycles. The van der Waals surface area contributed by atoms with Crippen molar-refractivity contribution >= 4 is 11.6 Å². The predicted molar refractivity (Wildman–Crippen MR) is 132 cm³/mol. The van der Waals surface area contributed by atoms with Crippen LogP contribution in [-0.4, -0.2) is 52.9 Å². The molecule has 2 aliphatic heterocycles. The van der Waals surface area contributed by atoms with Crippen LogP contribution in [0, 0.1) is 0 Å². The van der Waals surface area contributed by atoms with E-state index in [0.717, 1.165) is 29.0 Å². The number of halogens is 1. The van der Waals surface area contributed by atoms with Crippen LogP contribution in [-0.2, 0) is 17.6 Å². The van der Waals surface area contributed by atoms with E-state index in [-0.39, 0.29) is 19.1 Å². The molecule has 7 heteroatoms. The molecule has 35 heavy (non-hydrogen) atoms. The van der Waals surface area contributed by atoms with Gasteiger partial charge in [-0.15, -0.1) is 0 Å². The molecular weight excluding hydrogens is 468 g/mol. The Morgan fingerprint density at radius 3 is 2.54 bits per heavy atom. The average Bonchev–Trinajstić information content (AvgIpc) is 3.30. The highest BCUT2D eigenvalue weighted by atomic mass is 35.5. The Morgan fingerprint density at radius 1 is 0.971 bits per heavy atom. The summed E-state index contributed by atoms with van der Waals surface area (Å²) in [5.74, 6) is 1.71. The van der Waals surface area contributed by atoms with E-state index in [1.54, 1.807) is 12.1 Å². The number of rotatable bonds is 7. The summed E-state index contributed by atoms with van der Waals surface area (Å²) in [6, 6.07) is 21.4. The molecule has 0 radical (unpaired) electrons. The predicted octanol–water partition coefficient (Wildman–Crippen LogP) is 3.86. The standard InChI is InChI=1S/C28H29ClO6/c29-24-10-7-19(28-27(32)25(31)14-22(15-30)35-28)12-20(24)11-17-5-8-21(9-6-17)33-16-23-13-18-3-1-2-4-26(18)34-23/h1-10,12,22-23,25,27-28,30-32H,11,13-16H2/t22-,23-,25-,27+,28-/m0/s1. The first kappa shape index (κ1) is 24.1. The van der Waals surface area contributed by atoms with Gasteiger partial charge in [0.25, 0.3) is 0 Å². The highest BCUT2D eigenvalue weighted by molar-refractivity contribution is 6.31. The normalized spacial score (nSPS) is 25.7. The fraction of sp³-hybridized carbons (Fsp3) is 0.357. The lowest BCUT2D eigenvalue weighted by molar-refractivity contribution is -0.179. The van der Waals surface area contributed by atoms with E-state index >= 15 is 0 Å². The maximum Gasteiger partial charge on any atom is 0.137 e. The molecule has 2 heterocycles. The average molecular weight is 497 g/mol. The SMILES string of the molecule is OC[C@@H]1C[C@H](O)[C@@H](O)[C@H](c2ccc(Cl)c(Cc3ccc(OC[C@@H]4Cc5ccccc5O4)cc3)c2)O1. The van der Waals surface area contributed by atoms with Gasteiger partial charge in [0.1, 0.15) is 36.4 Å². The van der Waals surface area contributed by atoms with Crippen molar-refractivity contribution in [2.75, 3.05) is 13.2 Å². The molecule has 0 saturated carbocycles. The maximum atomic E-state index is 10.5. The van der Waals surface area contributed by atoms with Crippen LogP contribution in [0.5, 0.6) is 11.5 Å². The Balaban J connectivity index is 1.22. The summed E-state index contributed by atoms with van der Waals surface area (Å²) < 4.78 is 17.7. The van der Waals surface area contributed by atoms with E-state index in [9.17, 15) is 15.3 Å². The molecule has 3 aromatic rings. The van der Waals surface area contributed by atoms with E-state index in [4.69, 9.17) is 25.8 Å². The second-order valence-corrected chi connectivity index (χ2v) is 9.60. The van der Waals surface area contributed by atoms with Crippen LogP contribution >= 0.6 is 11.6 Å². The first-order valence-electron chi connectivity index (χ1n) is 11.9. The van der Waals surface area contributed by atoms with Crippen LogP contribution in [0.4, 0.5) is 0 Å². The highest BCUT2D eigenvalue weighted by Gasteiger charge is 2.37. The van der Waals surface area contributed by atoms with Gasteiger partial charge in [-0.1, -0.05) is 54.1 Å². The minimum atomic E-state index is -1.07. The number of hydrogen-bond acceptors (Lipinski definition) is 6. The minimum absolute atomic E-state index is 0.00919. The van der Waals surface area contributed by atoms with Crippen LogP contribution in [0.15, 0.2) is 66.7 Å². The molecule has 2 aliphatic rings. The van der Waals surface area contributed by atoms with Crippen molar-refractivity contribution in [3.05, 3.63) is 94.0 Å². The van der Waals surface area contributed by atoms with Crippen molar-refractivity contribution in [2.45, 2.75) is 49.8 Å². The zero-order valence-electron chi connectivity index (χ0n) is 19.2. The number of ether oxygens (including phenoxy) is 3. The smallest absolute Gasteiger partial charge is 0.137 e. The van der Waals surface area contributed by atoms with Crippen molar-refractivity contribution in [3.8, 4) is 11.5 Å². The Morgan fingerprint density at radius 2 is 1.77 bits per heavy atom. The van der Waals surface area contributed by atoms with Gasteiger partial charge >= 0.3 is 0 Å². The summed E-state index contributed by atoms with van der Waals surface area (Å²) in [7, 11) is 0. The minimum Gasteiger partial charge on any atom is -0.490 e. The van der Waals surface area contributed by atoms with Crippen LogP contribution in [0.1, 0.15) is 34.8 Å². The molecular formula is C28H29ClO6. The molecule has 1 fully saturated rings. The largest absolute Gasteiger partial charge is 0.490 e. The van der Waals surface area contributed by atoms with E-state index in [1.807, 2.05) is 48.5 Å². The molecule has 1 saturated heterocycles. The topological polar surface area (TPSA) is 88.4 Å². The fourth-order valence-electron chi connectivity index (χ4n) is 4.71. The Bertz CT molecular complexity index is 1130. The summed E-state index contributed by atoms with van der Waals surface area (Å²) in [6.45, 7) is 0.265. The number of fused-ring (bicyclic) bond motifs is 1. The van der Waals surface area contributed by atoms with Gasteiger partial charge in [-0.3, -0.25) is 0 Å². The van der Waals surface area contributed by atoms with Gasteiger partial charge in [0, 0.05) is 17.9 Å². The van der Waals surface area contributed by atoms with E-state index in [0.29, 0.717) is 23.6 Å². The third-order valence-electron chi connectivity index (χ3n) is 6.62. The lowest BCUT2D eigenvalue weighted by Gasteiger charge is -2.37. The Labute approximate surface area is 209 Å². The molecule has 5 rings (SSSR count). The van der Waals surface area contributed by atoms with Crippen molar-refractivity contribution in [1.29, 1.82) is 0 Å². The lowest BCUT2D eigenvalue weighted by atomic mass is 9.91. The van der Waals surface area contributed by atoms with Crippen LogP contribution < -0.4 is 9.47 Å². The summed E-state index contributed by atoms with van der Waals surface area (Å²) in [5.41, 5.74) is 3.86. The molecule has 6 nitrogen and oxygen atoms in total. The summed E-state index contributed by atoms with van der Waals surface area (Å²) >= 11 is 6.47. The number of aliphatic hydroxyl groups is 3. The lowest BCUT2D eigenvalue weighted by Crippen LogP contribution is -2.44. The van der Waals surface area contributed by atoms with Crippen LogP contribution in [0.2, 0.25) is 5.02 Å². The molecule has 0 bridgehead atoms. The Kier molecular flexibility index (Phi) is 7.27. The quantitative estimate of drug-likeness (QED) is 0.460. The first-order valence-corrected chi connectivity index (χ1v) is 12.2. The van der Waals surface area contributed by atoms with Gasteiger partial charge in [0.15, 0.2) is 0 Å². The fourth-order valence-corrected chi connectivity index (χ4v) is 4.90. The molecule has 184 valence electrons. The van der Waals surface area contributed by atoms with Crippen LogP contribution in [0.25, 0.3) is 0 Å². The van der Waals surface area contributed by atoms with Crippen molar-refractivity contribution < 1.29 is 29.5 Å². The van der Waals surface area contributed by atoms with Gasteiger partial charge in [0.2, 0.25) is 0 Å². The summed E-state index contributed by atoms with van der Waals surface area (Å²) in [6.07, 6.45) is -1.64. The number of benzene rings is 3. The van der Waals surface area contributed by atoms with Gasteiger partial charge in [-0.05, 0) is 52.9 Å². The number of hydrogen-bond donors (Lipinski definition) is 3. The molecule has 0 spiro atoms. The van der Waals surface area contributed by atoms with Gasteiger partial charge in [0.05, 0.1) is 18.8 Å². The molecule has 5 atom stereocenters. The molecule has 3 N–H and O–H groups in total. The third-order valence-corrected chi connectivity index (χ3v) is 6.99. The highest BCUT2D eigenvalue weighted by Crippen LogP contribution is 2.34. The zero-order valence-corrected chi connectivity index (χ0v) is 20.0. The van der Waals surface area contributed by atoms with Crippen LogP contribution in [0.3, 0.4) is 0 Å². The molecule has 3 aromatic carbocycles. The second-order valence-electron chi connectivity index (χ2n) is 9.19. The number of para-hydroxylation sites is 1. The Hall–Kier alpha value is -2.61. The summed E-state index contributed by atoms with van der Waals surface area (Å²) in [5, 5.41) is 30.7. The molecule has 0 amide bonds. The van der Waals surface area contributed by atoms with Crippen molar-refractivity contribution in [3.63, 3.8) is 0 Å². The summed E-state index contributed by atoms with van der Waals surface area (Å²) in [4.78, 5) is 0. The van der Waals surface area contributed by atoms with E-state index in [2.05, 4.69) is 6.07 Å². The van der Waals surface area contributed by atoms with Gasteiger partial charge in [-0.2, -0.15) is 0 Å². The molecule has 0 aliphatic carbocycles. The number of aliphatic hydroxyl groups excluding tert-OH is 3. The van der Waals surface area contributed by atoms with Gasteiger partial charge in [-0.25, -0.2) is 0 Å². The maximum absolute atomic E-state index is 10.5. The van der Waals surface area contributed by atoms with Gasteiger partial charge < -0.3 is 29.5 Å².